The molecule has 21 heavy (non-hydrogen) atoms. The number of nitrogens with one attached hydrogen (secondary N) is 2. The maximum atomic E-state index is 12.2. The van der Waals surface area contributed by atoms with Crippen LogP contribution in [-0.4, -0.2) is 26.9 Å². The molecule has 1 aliphatic carbocycles. The van der Waals surface area contributed by atoms with Crippen LogP contribution in [0.25, 0.3) is 0 Å². The molecule has 0 unspecified atom stereocenters. The van der Waals surface area contributed by atoms with E-state index < -0.39 is 10.0 Å². The number of hydrogen-bond donors (Lipinski definition) is 2. The van der Waals surface area contributed by atoms with Crippen LogP contribution in [-0.2, 0) is 14.8 Å². The number of carbonyl (C=O) groups excluding carboxylic acids is 1. The summed E-state index contributed by atoms with van der Waals surface area (Å²) in [6.07, 6.45) is 2.94. The number of halogens is 1. The van der Waals surface area contributed by atoms with Gasteiger partial charge in [0.1, 0.15) is 0 Å². The van der Waals surface area contributed by atoms with Gasteiger partial charge < -0.3 is 5.32 Å². The third-order valence-corrected chi connectivity index (χ3v) is 5.63. The molecular formula is C14H19BrN2O3S. The summed E-state index contributed by atoms with van der Waals surface area (Å²) in [4.78, 5) is 11.7. The van der Waals surface area contributed by atoms with Gasteiger partial charge in [0, 0.05) is 23.5 Å². The Balaban J connectivity index is 1.81. The van der Waals surface area contributed by atoms with Gasteiger partial charge in [0.15, 0.2) is 0 Å². The van der Waals surface area contributed by atoms with E-state index in [9.17, 15) is 13.2 Å². The van der Waals surface area contributed by atoms with Crippen molar-refractivity contribution in [3.63, 3.8) is 0 Å². The third kappa shape index (κ3) is 5.09. The first-order valence-electron chi connectivity index (χ1n) is 6.94. The number of aryl methyl sites for hydroxylation is 1. The highest BCUT2D eigenvalue weighted by atomic mass is 79.9. The van der Waals surface area contributed by atoms with E-state index in [1.54, 1.807) is 18.2 Å². The van der Waals surface area contributed by atoms with E-state index in [4.69, 9.17) is 0 Å². The van der Waals surface area contributed by atoms with E-state index in [0.717, 1.165) is 18.4 Å². The molecule has 0 saturated heterocycles. The Kier molecular flexibility index (Phi) is 5.40. The van der Waals surface area contributed by atoms with Gasteiger partial charge in [0.25, 0.3) is 0 Å². The van der Waals surface area contributed by atoms with E-state index in [2.05, 4.69) is 26.0 Å². The molecule has 5 nitrogen and oxygen atoms in total. The molecule has 0 aromatic heterocycles. The van der Waals surface area contributed by atoms with Crippen LogP contribution in [0.4, 0.5) is 0 Å². The first-order valence-corrected chi connectivity index (χ1v) is 9.21. The monoisotopic (exact) mass is 374 g/mol. The number of hydrogen-bond acceptors (Lipinski definition) is 3. The standard InChI is InChI=1S/C14H19BrN2O3S/c1-10-4-7-13(12(15)9-10)21(19,20)16-8-2-3-14(18)17-11-5-6-11/h4,7,9,11,16H,2-3,5-6,8H2,1H3,(H,17,18). The van der Waals surface area contributed by atoms with Crippen LogP contribution < -0.4 is 10.0 Å². The molecule has 2 rings (SSSR count). The highest BCUT2D eigenvalue weighted by molar-refractivity contribution is 9.10. The average molecular weight is 375 g/mol. The first kappa shape index (κ1) is 16.5. The van der Waals surface area contributed by atoms with E-state index in [0.29, 0.717) is 23.4 Å². The van der Waals surface area contributed by atoms with E-state index in [1.165, 1.54) is 0 Å². The highest BCUT2D eigenvalue weighted by Crippen LogP contribution is 2.22. The molecule has 0 heterocycles. The summed E-state index contributed by atoms with van der Waals surface area (Å²) in [5, 5.41) is 2.87. The molecule has 1 amide bonds. The van der Waals surface area contributed by atoms with Crippen molar-refractivity contribution in [1.29, 1.82) is 0 Å². The summed E-state index contributed by atoms with van der Waals surface area (Å²) in [5.74, 6) is -0.00628. The summed E-state index contributed by atoms with van der Waals surface area (Å²) in [5.41, 5.74) is 0.984. The van der Waals surface area contributed by atoms with Crippen LogP contribution in [0.1, 0.15) is 31.2 Å². The van der Waals surface area contributed by atoms with Crippen molar-refractivity contribution in [3.8, 4) is 0 Å². The van der Waals surface area contributed by atoms with Crippen LogP contribution in [0.3, 0.4) is 0 Å². The Morgan fingerprint density at radius 2 is 2.10 bits per heavy atom. The molecule has 1 aliphatic rings. The third-order valence-electron chi connectivity index (χ3n) is 3.19. The number of sulfonamides is 1. The van der Waals surface area contributed by atoms with Crippen LogP contribution in [0.5, 0.6) is 0 Å². The van der Waals surface area contributed by atoms with Gasteiger partial charge in [-0.1, -0.05) is 6.07 Å². The zero-order valence-corrected chi connectivity index (χ0v) is 14.3. The lowest BCUT2D eigenvalue weighted by atomic mass is 10.2. The zero-order valence-electron chi connectivity index (χ0n) is 11.9. The number of amides is 1. The highest BCUT2D eigenvalue weighted by Gasteiger charge is 2.23. The lowest BCUT2D eigenvalue weighted by Gasteiger charge is -2.09. The maximum absolute atomic E-state index is 12.2. The van der Waals surface area contributed by atoms with Crippen molar-refractivity contribution in [2.24, 2.45) is 0 Å². The predicted molar refractivity (Wildman–Crippen MR) is 84.5 cm³/mol. The molecule has 2 N–H and O–H groups in total. The second-order valence-electron chi connectivity index (χ2n) is 5.28. The second-order valence-corrected chi connectivity index (χ2v) is 7.87. The quantitative estimate of drug-likeness (QED) is 0.717. The molecule has 1 saturated carbocycles. The van der Waals surface area contributed by atoms with Gasteiger partial charge in [-0.2, -0.15) is 0 Å². The van der Waals surface area contributed by atoms with Gasteiger partial charge in [0.05, 0.1) is 4.90 Å². The van der Waals surface area contributed by atoms with Gasteiger partial charge in [0.2, 0.25) is 15.9 Å². The second kappa shape index (κ2) is 6.89. The Bertz CT molecular complexity index is 627. The SMILES string of the molecule is Cc1ccc(S(=O)(=O)NCCCC(=O)NC2CC2)c(Br)c1. The van der Waals surface area contributed by atoms with Gasteiger partial charge in [-0.05, 0) is 59.8 Å². The number of rotatable bonds is 7. The Labute approximate surface area is 133 Å². The fraction of sp³-hybridized carbons (Fsp3) is 0.500. The molecule has 7 heteroatoms. The molecule has 1 aromatic carbocycles. The smallest absolute Gasteiger partial charge is 0.241 e. The van der Waals surface area contributed by atoms with Crippen molar-refractivity contribution >= 4 is 31.9 Å². The fourth-order valence-corrected chi connectivity index (χ4v) is 4.15. The predicted octanol–water partition coefficient (Wildman–Crippen LogP) is 2.09. The number of carbonyl (C=O) groups is 1. The molecule has 0 radical (unpaired) electrons. The van der Waals surface area contributed by atoms with E-state index in [-0.39, 0.29) is 17.3 Å². The van der Waals surface area contributed by atoms with Gasteiger partial charge in [-0.15, -0.1) is 0 Å². The van der Waals surface area contributed by atoms with Crippen molar-refractivity contribution in [2.75, 3.05) is 6.54 Å². The van der Waals surface area contributed by atoms with Crippen LogP contribution in [0.15, 0.2) is 27.6 Å². The largest absolute Gasteiger partial charge is 0.353 e. The normalized spacial score (nSPS) is 15.0. The van der Waals surface area contributed by atoms with Crippen molar-refractivity contribution < 1.29 is 13.2 Å². The fourth-order valence-electron chi connectivity index (χ4n) is 1.88. The minimum atomic E-state index is -3.54. The molecular weight excluding hydrogens is 356 g/mol. The van der Waals surface area contributed by atoms with Crippen LogP contribution in [0, 0.1) is 6.92 Å². The Hall–Kier alpha value is -0.920. The lowest BCUT2D eigenvalue weighted by molar-refractivity contribution is -0.121. The van der Waals surface area contributed by atoms with E-state index >= 15 is 0 Å². The van der Waals surface area contributed by atoms with Crippen LogP contribution in [0.2, 0.25) is 0 Å². The van der Waals surface area contributed by atoms with Crippen molar-refractivity contribution in [1.82, 2.24) is 10.0 Å². The van der Waals surface area contributed by atoms with Crippen LogP contribution >= 0.6 is 15.9 Å². The molecule has 116 valence electrons. The Morgan fingerprint density at radius 1 is 1.38 bits per heavy atom. The molecule has 1 aromatic rings. The molecule has 1 fully saturated rings. The summed E-state index contributed by atoms with van der Waals surface area (Å²) < 4.78 is 27.4. The van der Waals surface area contributed by atoms with Crippen molar-refractivity contribution in [2.45, 2.75) is 43.5 Å². The van der Waals surface area contributed by atoms with Gasteiger partial charge in [-0.25, -0.2) is 13.1 Å². The molecule has 0 aliphatic heterocycles. The summed E-state index contributed by atoms with van der Waals surface area (Å²) in [7, 11) is -3.54. The van der Waals surface area contributed by atoms with E-state index in [1.807, 2.05) is 6.92 Å². The van der Waals surface area contributed by atoms with Crippen molar-refractivity contribution in [3.05, 3.63) is 28.2 Å². The first-order chi connectivity index (χ1) is 9.88. The minimum Gasteiger partial charge on any atom is -0.353 e. The topological polar surface area (TPSA) is 75.3 Å². The summed E-state index contributed by atoms with van der Waals surface area (Å²) in [6.45, 7) is 2.15. The molecule has 0 atom stereocenters. The molecule has 0 spiro atoms. The molecule has 0 bridgehead atoms. The van der Waals surface area contributed by atoms with Gasteiger partial charge >= 0.3 is 0 Å². The Morgan fingerprint density at radius 3 is 2.71 bits per heavy atom. The maximum Gasteiger partial charge on any atom is 0.241 e. The summed E-state index contributed by atoms with van der Waals surface area (Å²) in [6, 6.07) is 5.43. The average Bonchev–Trinajstić information content (AvgIpc) is 3.18. The lowest BCUT2D eigenvalue weighted by Crippen LogP contribution is -2.28. The summed E-state index contributed by atoms with van der Waals surface area (Å²) >= 11 is 3.27. The van der Waals surface area contributed by atoms with Gasteiger partial charge in [-0.3, -0.25) is 4.79 Å². The minimum absolute atomic E-state index is 0.00628. The zero-order chi connectivity index (χ0) is 15.5. The number of benzene rings is 1.